The number of nitrogens with one attached hydrogen (secondary N) is 3. The third-order valence-corrected chi connectivity index (χ3v) is 7.15. The zero-order valence-electron chi connectivity index (χ0n) is 23.6. The van der Waals surface area contributed by atoms with Gasteiger partial charge in [0.25, 0.3) is 5.91 Å². The molecule has 41 heavy (non-hydrogen) atoms. The topological polar surface area (TPSA) is 99.4 Å². The number of aromatic amines is 1. The van der Waals surface area contributed by atoms with E-state index in [0.29, 0.717) is 18.6 Å². The Morgan fingerprint density at radius 1 is 1.00 bits per heavy atom. The first-order valence-corrected chi connectivity index (χ1v) is 13.9. The number of carbonyl (C=O) groups is 2. The van der Waals surface area contributed by atoms with Gasteiger partial charge in [0.2, 0.25) is 0 Å². The molecule has 2 heterocycles. The number of alkyl carbamates (subject to hydrolysis) is 1. The van der Waals surface area contributed by atoms with Crippen LogP contribution in [0.5, 0.6) is 0 Å². The average molecular weight is 558 g/mol. The Morgan fingerprint density at radius 3 is 2.46 bits per heavy atom. The minimum atomic E-state index is -0.550. The van der Waals surface area contributed by atoms with Crippen LogP contribution in [0.2, 0.25) is 0 Å². The van der Waals surface area contributed by atoms with E-state index in [4.69, 9.17) is 4.74 Å². The molecule has 1 aliphatic heterocycles. The first kappa shape index (κ1) is 28.3. The SMILES string of the molecule is CC(C)(C)OC(=O)NC[C@H]1C[C@@H](CNC(=O)c2nc3ccc(-c4ccc(F)cc4)cc3[nH]2)N(Cc2ccccc2)C1. The molecular formula is C32H36FN5O3. The van der Waals surface area contributed by atoms with Gasteiger partial charge in [0.15, 0.2) is 5.82 Å². The van der Waals surface area contributed by atoms with Crippen molar-refractivity contribution in [1.82, 2.24) is 25.5 Å². The highest BCUT2D eigenvalue weighted by molar-refractivity contribution is 5.95. The molecule has 1 aliphatic rings. The minimum absolute atomic E-state index is 0.0963. The molecule has 0 saturated carbocycles. The first-order valence-electron chi connectivity index (χ1n) is 13.9. The summed E-state index contributed by atoms with van der Waals surface area (Å²) in [6, 6.07) is 22.3. The monoisotopic (exact) mass is 557 g/mol. The van der Waals surface area contributed by atoms with Crippen molar-refractivity contribution in [3.8, 4) is 11.1 Å². The number of H-pyrrole nitrogens is 1. The van der Waals surface area contributed by atoms with Gasteiger partial charge in [-0.05, 0) is 74.1 Å². The summed E-state index contributed by atoms with van der Waals surface area (Å²) in [5, 5.41) is 5.96. The predicted molar refractivity (Wildman–Crippen MR) is 157 cm³/mol. The lowest BCUT2D eigenvalue weighted by Gasteiger charge is -2.24. The number of benzene rings is 3. The highest BCUT2D eigenvalue weighted by atomic mass is 19.1. The summed E-state index contributed by atoms with van der Waals surface area (Å²) >= 11 is 0. The molecule has 2 amide bonds. The van der Waals surface area contributed by atoms with E-state index in [9.17, 15) is 14.0 Å². The Morgan fingerprint density at radius 2 is 1.73 bits per heavy atom. The quantitative estimate of drug-likeness (QED) is 0.265. The van der Waals surface area contributed by atoms with Gasteiger partial charge in [-0.25, -0.2) is 14.2 Å². The van der Waals surface area contributed by atoms with Gasteiger partial charge in [0, 0.05) is 32.2 Å². The summed E-state index contributed by atoms with van der Waals surface area (Å²) in [4.78, 5) is 35.3. The number of carbonyl (C=O) groups excluding carboxylic acids is 2. The first-order chi connectivity index (χ1) is 19.6. The van der Waals surface area contributed by atoms with Crippen LogP contribution in [0.3, 0.4) is 0 Å². The number of ether oxygens (including phenoxy) is 1. The molecule has 1 aromatic heterocycles. The molecular weight excluding hydrogens is 521 g/mol. The van der Waals surface area contributed by atoms with E-state index < -0.39 is 11.7 Å². The van der Waals surface area contributed by atoms with E-state index in [1.807, 2.05) is 57.2 Å². The Hall–Kier alpha value is -4.24. The van der Waals surface area contributed by atoms with Crippen molar-refractivity contribution in [1.29, 1.82) is 0 Å². The molecule has 214 valence electrons. The van der Waals surface area contributed by atoms with Crippen molar-refractivity contribution in [2.24, 2.45) is 5.92 Å². The summed E-state index contributed by atoms with van der Waals surface area (Å²) in [5.74, 6) is -0.0960. The van der Waals surface area contributed by atoms with E-state index in [1.54, 1.807) is 12.1 Å². The lowest BCUT2D eigenvalue weighted by atomic mass is 10.1. The second kappa shape index (κ2) is 12.1. The normalized spacial score (nSPS) is 17.5. The van der Waals surface area contributed by atoms with Crippen LogP contribution < -0.4 is 10.6 Å². The number of halogens is 1. The van der Waals surface area contributed by atoms with Crippen LogP contribution in [0.1, 0.15) is 43.4 Å². The summed E-state index contributed by atoms with van der Waals surface area (Å²) < 4.78 is 18.7. The van der Waals surface area contributed by atoms with Gasteiger partial charge in [-0.1, -0.05) is 48.5 Å². The second-order valence-corrected chi connectivity index (χ2v) is 11.6. The number of likely N-dealkylation sites (tertiary alicyclic amines) is 1. The third kappa shape index (κ3) is 7.49. The van der Waals surface area contributed by atoms with E-state index in [1.165, 1.54) is 17.7 Å². The van der Waals surface area contributed by atoms with E-state index >= 15 is 0 Å². The summed E-state index contributed by atoms with van der Waals surface area (Å²) in [6.07, 6.45) is 0.403. The average Bonchev–Trinajstić information content (AvgIpc) is 3.54. The predicted octanol–water partition coefficient (Wildman–Crippen LogP) is 5.51. The Bertz CT molecular complexity index is 1500. The van der Waals surface area contributed by atoms with E-state index in [0.717, 1.165) is 36.2 Å². The molecule has 0 bridgehead atoms. The smallest absolute Gasteiger partial charge is 0.407 e. The maximum atomic E-state index is 13.3. The molecule has 3 aromatic carbocycles. The fourth-order valence-electron chi connectivity index (χ4n) is 5.24. The lowest BCUT2D eigenvalue weighted by Crippen LogP contribution is -2.40. The maximum absolute atomic E-state index is 13.3. The number of hydrogen-bond acceptors (Lipinski definition) is 5. The van der Waals surface area contributed by atoms with Gasteiger partial charge in [-0.2, -0.15) is 0 Å². The number of fused-ring (bicyclic) bond motifs is 1. The van der Waals surface area contributed by atoms with Crippen LogP contribution in [0, 0.1) is 11.7 Å². The largest absolute Gasteiger partial charge is 0.444 e. The molecule has 0 radical (unpaired) electrons. The molecule has 4 aromatic rings. The molecule has 0 aliphatic carbocycles. The van der Waals surface area contributed by atoms with Gasteiger partial charge in [0.1, 0.15) is 11.4 Å². The van der Waals surface area contributed by atoms with Crippen molar-refractivity contribution < 1.29 is 18.7 Å². The lowest BCUT2D eigenvalue weighted by molar-refractivity contribution is 0.0519. The Labute approximate surface area is 239 Å². The van der Waals surface area contributed by atoms with Gasteiger partial charge in [-0.15, -0.1) is 0 Å². The highest BCUT2D eigenvalue weighted by Gasteiger charge is 2.33. The number of nitrogens with zero attached hydrogens (tertiary/aromatic N) is 2. The fraction of sp³-hybridized carbons (Fsp3) is 0.344. The molecule has 3 N–H and O–H groups in total. The Kier molecular flexibility index (Phi) is 8.35. The third-order valence-electron chi connectivity index (χ3n) is 7.15. The number of rotatable bonds is 8. The molecule has 9 heteroatoms. The van der Waals surface area contributed by atoms with Crippen LogP contribution in [-0.2, 0) is 11.3 Å². The Balaban J connectivity index is 1.23. The van der Waals surface area contributed by atoms with Gasteiger partial charge < -0.3 is 20.4 Å². The van der Waals surface area contributed by atoms with Gasteiger partial charge >= 0.3 is 6.09 Å². The van der Waals surface area contributed by atoms with Crippen LogP contribution in [0.25, 0.3) is 22.2 Å². The van der Waals surface area contributed by atoms with E-state index in [2.05, 4.69) is 37.6 Å². The van der Waals surface area contributed by atoms with Crippen LogP contribution in [0.15, 0.2) is 72.8 Å². The molecule has 2 atom stereocenters. The van der Waals surface area contributed by atoms with Gasteiger partial charge in [0.05, 0.1) is 11.0 Å². The number of imidazole rings is 1. The number of aromatic nitrogens is 2. The zero-order chi connectivity index (χ0) is 29.0. The van der Waals surface area contributed by atoms with E-state index in [-0.39, 0.29) is 29.5 Å². The van der Waals surface area contributed by atoms with Crippen LogP contribution >= 0.6 is 0 Å². The molecule has 0 unspecified atom stereocenters. The molecule has 0 spiro atoms. The number of amides is 2. The van der Waals surface area contributed by atoms with Crippen molar-refractivity contribution in [2.75, 3.05) is 19.6 Å². The van der Waals surface area contributed by atoms with Crippen molar-refractivity contribution in [3.63, 3.8) is 0 Å². The van der Waals surface area contributed by atoms with Gasteiger partial charge in [-0.3, -0.25) is 9.69 Å². The zero-order valence-corrected chi connectivity index (χ0v) is 23.6. The molecule has 8 nitrogen and oxygen atoms in total. The molecule has 1 saturated heterocycles. The van der Waals surface area contributed by atoms with Crippen LogP contribution in [-0.4, -0.2) is 58.1 Å². The molecule has 5 rings (SSSR count). The minimum Gasteiger partial charge on any atom is -0.444 e. The van der Waals surface area contributed by atoms with Crippen molar-refractivity contribution >= 4 is 23.0 Å². The summed E-state index contributed by atoms with van der Waals surface area (Å²) in [5.41, 5.74) is 3.84. The summed E-state index contributed by atoms with van der Waals surface area (Å²) in [7, 11) is 0. The standard InChI is InChI=1S/C32H36FN5O3/c1-32(2,3)41-31(40)35-17-22-15-26(38(20-22)19-21-7-5-4-6-8-21)18-34-30(39)29-36-27-14-11-24(16-28(27)37-29)23-9-12-25(33)13-10-23/h4-14,16,22,26H,15,17-20H2,1-3H3,(H,34,39)(H,35,40)(H,36,37)/t22-,26+/m1/s1. The maximum Gasteiger partial charge on any atom is 0.407 e. The van der Waals surface area contributed by atoms with Crippen molar-refractivity contribution in [2.45, 2.75) is 45.4 Å². The van der Waals surface area contributed by atoms with Crippen molar-refractivity contribution in [3.05, 3.63) is 90.0 Å². The number of hydrogen-bond donors (Lipinski definition) is 3. The van der Waals surface area contributed by atoms with Crippen LogP contribution in [0.4, 0.5) is 9.18 Å². The summed E-state index contributed by atoms with van der Waals surface area (Å²) in [6.45, 7) is 8.03. The molecule has 1 fully saturated rings. The second-order valence-electron chi connectivity index (χ2n) is 11.6. The fourth-order valence-corrected chi connectivity index (χ4v) is 5.24. The highest BCUT2D eigenvalue weighted by Crippen LogP contribution is 2.26.